The molecule has 158 valence electrons. The topological polar surface area (TPSA) is 127 Å². The van der Waals surface area contributed by atoms with Crippen molar-refractivity contribution in [1.82, 2.24) is 4.98 Å². The summed E-state index contributed by atoms with van der Waals surface area (Å²) < 4.78 is 5.68. The number of nitrogens with zero attached hydrogens (tertiary/aromatic N) is 4. The molecule has 0 radical (unpaired) electrons. The van der Waals surface area contributed by atoms with Gasteiger partial charge in [0.15, 0.2) is 6.04 Å². The summed E-state index contributed by atoms with van der Waals surface area (Å²) in [6, 6.07) is 7.98. The Balaban J connectivity index is 1.61. The number of nitro benzene ring substituents is 1. The fourth-order valence-electron chi connectivity index (χ4n) is 3.05. The molecule has 1 N–H and O–H groups in total. The van der Waals surface area contributed by atoms with E-state index in [1.54, 1.807) is 18.2 Å². The minimum atomic E-state index is -1.31. The van der Waals surface area contributed by atoms with Gasteiger partial charge in [-0.05, 0) is 12.1 Å². The average molecular weight is 479 g/mol. The predicted molar refractivity (Wildman–Crippen MR) is 115 cm³/mol. The first kappa shape index (κ1) is 21.2. The minimum Gasteiger partial charge on any atom is -0.486 e. The maximum Gasteiger partial charge on any atom is 0.330 e. The van der Waals surface area contributed by atoms with Crippen molar-refractivity contribution in [1.29, 1.82) is 0 Å². The van der Waals surface area contributed by atoms with Crippen LogP contribution in [-0.4, -0.2) is 27.0 Å². The molecule has 2 aromatic carbocycles. The number of ether oxygens (including phenoxy) is 1. The number of hydrogen-bond acceptors (Lipinski definition) is 8. The lowest BCUT2D eigenvalue weighted by Crippen LogP contribution is -2.20. The Labute approximate surface area is 189 Å². The molecule has 1 unspecified atom stereocenters. The molecule has 4 rings (SSSR count). The zero-order chi connectivity index (χ0) is 22.1. The van der Waals surface area contributed by atoms with E-state index in [0.717, 1.165) is 4.88 Å². The molecule has 12 heteroatoms. The van der Waals surface area contributed by atoms with E-state index >= 15 is 0 Å². The molecule has 2 heterocycles. The normalized spacial score (nSPS) is 13.4. The summed E-state index contributed by atoms with van der Waals surface area (Å²) in [5.41, 5.74) is 1.36. The number of thiazole rings is 1. The number of para-hydroxylation sites is 1. The summed E-state index contributed by atoms with van der Waals surface area (Å²) in [5, 5.41) is 29.4. The van der Waals surface area contributed by atoms with Gasteiger partial charge in [0, 0.05) is 23.6 Å². The van der Waals surface area contributed by atoms with E-state index in [4.69, 9.17) is 27.9 Å². The van der Waals surface area contributed by atoms with Crippen LogP contribution in [0.5, 0.6) is 5.75 Å². The maximum atomic E-state index is 11.6. The lowest BCUT2D eigenvalue weighted by Gasteiger charge is -2.17. The highest BCUT2D eigenvalue weighted by Crippen LogP contribution is 2.47. The van der Waals surface area contributed by atoms with Gasteiger partial charge in [-0.15, -0.1) is 5.11 Å². The van der Waals surface area contributed by atoms with E-state index in [-0.39, 0.29) is 34.4 Å². The van der Waals surface area contributed by atoms with Gasteiger partial charge >= 0.3 is 5.97 Å². The minimum absolute atomic E-state index is 0.169. The summed E-state index contributed by atoms with van der Waals surface area (Å²) in [6.07, 6.45) is -0.179. The van der Waals surface area contributed by atoms with Crippen LogP contribution >= 0.6 is 34.5 Å². The van der Waals surface area contributed by atoms with Crippen molar-refractivity contribution in [2.24, 2.45) is 10.2 Å². The van der Waals surface area contributed by atoms with E-state index in [0.29, 0.717) is 22.0 Å². The van der Waals surface area contributed by atoms with Crippen LogP contribution in [-0.2, 0) is 17.8 Å². The SMILES string of the molecule is O=C(O)C(Cc1ccccc1[N+](=O)[O-])N=Nc1nc2c(s1)COc1c-2ccc(Cl)c1Cl. The number of benzene rings is 2. The van der Waals surface area contributed by atoms with Crippen LogP contribution in [0.3, 0.4) is 0 Å². The fraction of sp³-hybridized carbons (Fsp3) is 0.158. The highest BCUT2D eigenvalue weighted by Gasteiger charge is 2.26. The van der Waals surface area contributed by atoms with Crippen molar-refractivity contribution in [2.45, 2.75) is 19.1 Å². The molecular formula is C19H12Cl2N4O5S. The lowest BCUT2D eigenvalue weighted by atomic mass is 10.0. The Kier molecular flexibility index (Phi) is 5.86. The van der Waals surface area contributed by atoms with Gasteiger partial charge in [0.25, 0.3) is 5.69 Å². The summed E-state index contributed by atoms with van der Waals surface area (Å²) in [7, 11) is 0. The lowest BCUT2D eigenvalue weighted by molar-refractivity contribution is -0.385. The van der Waals surface area contributed by atoms with Crippen LogP contribution in [0, 0.1) is 10.1 Å². The zero-order valence-corrected chi connectivity index (χ0v) is 17.8. The quantitative estimate of drug-likeness (QED) is 0.275. The summed E-state index contributed by atoms with van der Waals surface area (Å²) in [4.78, 5) is 27.5. The second-order valence-corrected chi connectivity index (χ2v) is 8.30. The van der Waals surface area contributed by atoms with Gasteiger partial charge in [-0.3, -0.25) is 10.1 Å². The molecule has 1 aromatic heterocycles. The number of nitro groups is 1. The molecule has 0 amide bonds. The van der Waals surface area contributed by atoms with Gasteiger partial charge in [0.1, 0.15) is 17.4 Å². The Hall–Kier alpha value is -3.08. The number of carboxylic acids is 1. The molecule has 1 aliphatic heterocycles. The summed E-state index contributed by atoms with van der Waals surface area (Å²) in [6.45, 7) is 0.216. The van der Waals surface area contributed by atoms with E-state index < -0.39 is 16.9 Å². The second kappa shape index (κ2) is 8.58. The van der Waals surface area contributed by atoms with Gasteiger partial charge in [-0.1, -0.05) is 52.7 Å². The number of rotatable bonds is 6. The largest absolute Gasteiger partial charge is 0.486 e. The number of azo groups is 1. The maximum absolute atomic E-state index is 11.6. The van der Waals surface area contributed by atoms with Gasteiger partial charge in [0.05, 0.1) is 20.5 Å². The Morgan fingerprint density at radius 1 is 1.32 bits per heavy atom. The number of carbonyl (C=O) groups is 1. The van der Waals surface area contributed by atoms with Crippen molar-refractivity contribution in [2.75, 3.05) is 0 Å². The number of hydrogen-bond donors (Lipinski definition) is 1. The highest BCUT2D eigenvalue weighted by molar-refractivity contribution is 7.15. The van der Waals surface area contributed by atoms with Crippen molar-refractivity contribution >= 4 is 51.3 Å². The van der Waals surface area contributed by atoms with Crippen LogP contribution in [0.4, 0.5) is 10.8 Å². The monoisotopic (exact) mass is 478 g/mol. The van der Waals surface area contributed by atoms with E-state index in [1.165, 1.54) is 29.5 Å². The fourth-order valence-corrected chi connectivity index (χ4v) is 4.24. The summed E-state index contributed by atoms with van der Waals surface area (Å²) >= 11 is 13.4. The molecule has 3 aromatic rings. The molecular weight excluding hydrogens is 467 g/mol. The molecule has 0 saturated carbocycles. The molecule has 1 aliphatic rings. The van der Waals surface area contributed by atoms with Gasteiger partial charge in [-0.2, -0.15) is 5.11 Å². The number of aliphatic carboxylic acids is 1. The van der Waals surface area contributed by atoms with Crippen molar-refractivity contribution < 1.29 is 19.6 Å². The average Bonchev–Trinajstić information content (AvgIpc) is 3.17. The molecule has 0 fully saturated rings. The first-order valence-electron chi connectivity index (χ1n) is 8.82. The molecule has 0 aliphatic carbocycles. The first-order chi connectivity index (χ1) is 14.8. The van der Waals surface area contributed by atoms with Crippen LogP contribution in [0.1, 0.15) is 10.4 Å². The van der Waals surface area contributed by atoms with Crippen molar-refractivity contribution in [3.05, 3.63) is 67.0 Å². The third kappa shape index (κ3) is 4.22. The smallest absolute Gasteiger partial charge is 0.330 e. The van der Waals surface area contributed by atoms with Gasteiger partial charge < -0.3 is 9.84 Å². The second-order valence-electron chi connectivity index (χ2n) is 6.45. The Bertz CT molecular complexity index is 1230. The van der Waals surface area contributed by atoms with E-state index in [1.807, 2.05) is 0 Å². The highest BCUT2D eigenvalue weighted by atomic mass is 35.5. The zero-order valence-electron chi connectivity index (χ0n) is 15.5. The van der Waals surface area contributed by atoms with Gasteiger partial charge in [0.2, 0.25) is 5.13 Å². The van der Waals surface area contributed by atoms with Crippen LogP contribution in [0.15, 0.2) is 46.6 Å². The van der Waals surface area contributed by atoms with Crippen molar-refractivity contribution in [3.63, 3.8) is 0 Å². The van der Waals surface area contributed by atoms with Crippen LogP contribution in [0.25, 0.3) is 11.3 Å². The van der Waals surface area contributed by atoms with Gasteiger partial charge in [-0.25, -0.2) is 9.78 Å². The number of halogens is 2. The number of carboxylic acid groups (broad SMARTS) is 1. The van der Waals surface area contributed by atoms with E-state index in [2.05, 4.69) is 15.2 Å². The molecule has 1 atom stereocenters. The van der Waals surface area contributed by atoms with Crippen molar-refractivity contribution in [3.8, 4) is 17.0 Å². The summed E-state index contributed by atoms with van der Waals surface area (Å²) in [5.74, 6) is -0.825. The molecule has 0 spiro atoms. The molecule has 9 nitrogen and oxygen atoms in total. The van der Waals surface area contributed by atoms with Crippen LogP contribution < -0.4 is 4.74 Å². The third-order valence-electron chi connectivity index (χ3n) is 4.51. The Morgan fingerprint density at radius 3 is 2.84 bits per heavy atom. The predicted octanol–water partition coefficient (Wildman–Crippen LogP) is 5.70. The Morgan fingerprint density at radius 2 is 2.10 bits per heavy atom. The molecule has 0 saturated heterocycles. The standard InChI is InChI=1S/C19H12Cl2N4O5S/c20-11-6-5-10-16-14(8-30-17(10)15(11)21)31-19(22-16)24-23-12(18(26)27)7-9-3-1-2-4-13(9)25(28)29/h1-6,12H,7-8H2,(H,26,27). The number of fused-ring (bicyclic) bond motifs is 3. The number of aromatic nitrogens is 1. The van der Waals surface area contributed by atoms with E-state index in [9.17, 15) is 20.0 Å². The third-order valence-corrected chi connectivity index (χ3v) is 6.21. The molecule has 31 heavy (non-hydrogen) atoms. The van der Waals surface area contributed by atoms with Crippen LogP contribution in [0.2, 0.25) is 10.0 Å². The molecule has 0 bridgehead atoms. The first-order valence-corrected chi connectivity index (χ1v) is 10.4.